The van der Waals surface area contributed by atoms with Crippen LogP contribution >= 0.6 is 7.75 Å². The van der Waals surface area contributed by atoms with Crippen LogP contribution in [0, 0.1) is 0 Å². The van der Waals surface area contributed by atoms with Crippen LogP contribution in [-0.2, 0) is 43.8 Å². The molecule has 5 N–H and O–H groups in total. The Morgan fingerprint density at radius 1 is 1.23 bits per heavy atom. The predicted molar refractivity (Wildman–Crippen MR) is 152 cm³/mol. The van der Waals surface area contributed by atoms with E-state index in [4.69, 9.17) is 33.7 Å². The minimum absolute atomic E-state index is 0.0329. The summed E-state index contributed by atoms with van der Waals surface area (Å²) in [5.41, 5.74) is 4.94. The average Bonchev–Trinajstić information content (AvgIpc) is 3.51. The van der Waals surface area contributed by atoms with Gasteiger partial charge in [0.1, 0.15) is 23.9 Å². The Hall–Kier alpha value is -3.70. The molecule has 1 fully saturated rings. The summed E-state index contributed by atoms with van der Waals surface area (Å²) in [4.78, 5) is 37.0. The number of fused-ring (bicyclic) bond motifs is 1. The average molecular weight is 639 g/mol. The number of anilines is 1. The van der Waals surface area contributed by atoms with Crippen LogP contribution in [0.5, 0.6) is 5.88 Å². The molecule has 240 valence electrons. The Kier molecular flexibility index (Phi) is 10.5. The van der Waals surface area contributed by atoms with E-state index in [-0.39, 0.29) is 36.0 Å². The minimum Gasteiger partial charge on any atom is -0.479 e. The van der Waals surface area contributed by atoms with Crippen LogP contribution in [0.4, 0.5) is 5.95 Å². The molecule has 6 atom stereocenters. The lowest BCUT2D eigenvalue weighted by Gasteiger charge is -2.27. The monoisotopic (exact) mass is 638 g/mol. The van der Waals surface area contributed by atoms with Gasteiger partial charge in [-0.15, -0.1) is 0 Å². The Bertz CT molecular complexity index is 1500. The number of nitrogens with one attached hydrogen (secondary N) is 1. The van der Waals surface area contributed by atoms with Crippen LogP contribution in [0.1, 0.15) is 25.6 Å². The van der Waals surface area contributed by atoms with Gasteiger partial charge in [0, 0.05) is 0 Å². The standard InChI is InChI=1S/C26H35N6O11P/c1-5-40-18(33)13-42-44(37,31-16(23(35)39-4)11-15-9-7-6-8-10-15)41-12-17-20(34)26(2,36)24(43-17)32-14-28-19-21(32)29-25(27)30-22(19)38-3/h6-10,14,16-17,20,24,34,36H,5,11-13H2,1-4H3,(H,31,37)(H2,27,29,30)/t16-,17-,20-,24-,26-,44?/m1/s1. The first-order valence-corrected chi connectivity index (χ1v) is 15.0. The molecule has 44 heavy (non-hydrogen) atoms. The molecule has 1 saturated heterocycles. The summed E-state index contributed by atoms with van der Waals surface area (Å²) in [6, 6.07) is 7.60. The second kappa shape index (κ2) is 13.9. The van der Waals surface area contributed by atoms with Crippen molar-refractivity contribution < 1.29 is 52.4 Å². The van der Waals surface area contributed by atoms with E-state index in [1.54, 1.807) is 37.3 Å². The number of aliphatic hydroxyl groups excluding tert-OH is 1. The fraction of sp³-hybridized carbons (Fsp3) is 0.500. The van der Waals surface area contributed by atoms with Gasteiger partial charge in [-0.1, -0.05) is 30.3 Å². The van der Waals surface area contributed by atoms with Gasteiger partial charge in [-0.3, -0.25) is 18.4 Å². The molecular formula is C26H35N6O11P. The van der Waals surface area contributed by atoms with Crippen LogP contribution in [0.2, 0.25) is 0 Å². The van der Waals surface area contributed by atoms with Gasteiger partial charge in [0.2, 0.25) is 11.8 Å². The molecule has 0 spiro atoms. The number of aliphatic hydroxyl groups is 2. The molecule has 0 aliphatic carbocycles. The highest BCUT2D eigenvalue weighted by molar-refractivity contribution is 7.51. The van der Waals surface area contributed by atoms with E-state index in [0.717, 1.165) is 7.11 Å². The number of nitrogens with two attached hydrogens (primary N) is 1. The van der Waals surface area contributed by atoms with Gasteiger partial charge in [0.05, 0.1) is 33.8 Å². The number of ether oxygens (including phenoxy) is 4. The molecule has 1 unspecified atom stereocenters. The minimum atomic E-state index is -4.51. The summed E-state index contributed by atoms with van der Waals surface area (Å²) in [6.45, 7) is 1.55. The van der Waals surface area contributed by atoms with Crippen LogP contribution in [0.3, 0.4) is 0 Å². The van der Waals surface area contributed by atoms with Gasteiger partial charge in [-0.2, -0.15) is 9.97 Å². The lowest BCUT2D eigenvalue weighted by atomic mass is 9.96. The zero-order valence-corrected chi connectivity index (χ0v) is 25.4. The largest absolute Gasteiger partial charge is 0.479 e. The zero-order valence-electron chi connectivity index (χ0n) is 24.5. The maximum absolute atomic E-state index is 13.9. The molecule has 2 aromatic heterocycles. The van der Waals surface area contributed by atoms with Crippen molar-refractivity contribution in [3.8, 4) is 5.88 Å². The molecular weight excluding hydrogens is 603 g/mol. The lowest BCUT2D eigenvalue weighted by Crippen LogP contribution is -2.44. The van der Waals surface area contributed by atoms with E-state index in [2.05, 4.69) is 20.0 Å². The molecule has 1 aliphatic rings. The first-order chi connectivity index (χ1) is 20.9. The van der Waals surface area contributed by atoms with Gasteiger partial charge < -0.3 is 34.9 Å². The van der Waals surface area contributed by atoms with Crippen LogP contribution in [-0.4, -0.2) is 99.6 Å². The quantitative estimate of drug-likeness (QED) is 0.139. The zero-order chi connectivity index (χ0) is 32.1. The third-order valence-corrected chi connectivity index (χ3v) is 8.34. The molecule has 4 rings (SSSR count). The summed E-state index contributed by atoms with van der Waals surface area (Å²) < 4.78 is 47.1. The number of carbonyl (C=O) groups excluding carboxylic acids is 2. The Balaban J connectivity index is 1.57. The normalized spacial score (nSPS) is 23.6. The maximum atomic E-state index is 13.9. The van der Waals surface area contributed by atoms with Crippen LogP contribution < -0.4 is 15.6 Å². The highest BCUT2D eigenvalue weighted by atomic mass is 31.2. The molecule has 18 heteroatoms. The first kappa shape index (κ1) is 33.2. The Morgan fingerprint density at radius 2 is 1.95 bits per heavy atom. The Labute approximate surface area is 252 Å². The number of nitrogens with zero attached hydrogens (tertiary/aromatic N) is 4. The number of esters is 2. The van der Waals surface area contributed by atoms with Gasteiger partial charge in [-0.25, -0.2) is 19.4 Å². The SMILES string of the molecule is CCOC(=O)COP(=O)(N[C@H](Cc1ccccc1)C(=O)OC)OC[C@H]1O[C@@H](n2cnc3c(OC)nc(N)nc32)[C@](C)(O)[C@@H]1O. The van der Waals surface area contributed by atoms with Gasteiger partial charge in [-0.05, 0) is 25.8 Å². The van der Waals surface area contributed by atoms with Crippen molar-refractivity contribution in [1.82, 2.24) is 24.6 Å². The first-order valence-electron chi connectivity index (χ1n) is 13.5. The molecule has 1 aromatic carbocycles. The lowest BCUT2D eigenvalue weighted by molar-refractivity contribution is -0.145. The third-order valence-electron chi connectivity index (χ3n) is 6.76. The highest BCUT2D eigenvalue weighted by Gasteiger charge is 2.54. The van der Waals surface area contributed by atoms with Crippen molar-refractivity contribution in [2.24, 2.45) is 0 Å². The van der Waals surface area contributed by atoms with Crippen molar-refractivity contribution in [1.29, 1.82) is 0 Å². The molecule has 0 amide bonds. The number of nitrogen functional groups attached to an aromatic ring is 1. The number of benzene rings is 1. The smallest absolute Gasteiger partial charge is 0.406 e. The number of carbonyl (C=O) groups is 2. The fourth-order valence-electron chi connectivity index (χ4n) is 4.59. The molecule has 1 aliphatic heterocycles. The maximum Gasteiger partial charge on any atom is 0.406 e. The number of methoxy groups -OCH3 is 2. The van der Waals surface area contributed by atoms with E-state index in [1.807, 2.05) is 0 Å². The van der Waals surface area contributed by atoms with Crippen molar-refractivity contribution in [2.75, 3.05) is 39.8 Å². The summed E-state index contributed by atoms with van der Waals surface area (Å²) in [5, 5.41) is 24.8. The van der Waals surface area contributed by atoms with Crippen molar-refractivity contribution in [3.05, 3.63) is 42.2 Å². The number of aromatic nitrogens is 4. The molecule has 3 heterocycles. The highest BCUT2D eigenvalue weighted by Crippen LogP contribution is 2.47. The molecule has 3 aromatic rings. The van der Waals surface area contributed by atoms with E-state index >= 15 is 0 Å². The Morgan fingerprint density at radius 3 is 2.61 bits per heavy atom. The van der Waals surface area contributed by atoms with Crippen molar-refractivity contribution in [2.45, 2.75) is 50.3 Å². The van der Waals surface area contributed by atoms with Crippen molar-refractivity contribution >= 4 is 36.8 Å². The van der Waals surface area contributed by atoms with Gasteiger partial charge in [0.15, 0.2) is 24.0 Å². The third kappa shape index (κ3) is 7.32. The molecule has 17 nitrogen and oxygen atoms in total. The number of imidazole rings is 1. The van der Waals surface area contributed by atoms with Crippen LogP contribution in [0.25, 0.3) is 11.2 Å². The summed E-state index contributed by atoms with van der Waals surface area (Å²) in [5.74, 6) is -1.65. The van der Waals surface area contributed by atoms with E-state index in [9.17, 15) is 24.4 Å². The fourth-order valence-corrected chi connectivity index (χ4v) is 6.01. The van der Waals surface area contributed by atoms with E-state index in [0.29, 0.717) is 5.56 Å². The topological polar surface area (TPSA) is 229 Å². The number of hydrogen-bond donors (Lipinski definition) is 4. The summed E-state index contributed by atoms with van der Waals surface area (Å²) in [7, 11) is -1.98. The summed E-state index contributed by atoms with van der Waals surface area (Å²) >= 11 is 0. The summed E-state index contributed by atoms with van der Waals surface area (Å²) in [6.07, 6.45) is -2.82. The second-order valence-electron chi connectivity index (χ2n) is 9.88. The van der Waals surface area contributed by atoms with E-state index in [1.165, 1.54) is 24.9 Å². The van der Waals surface area contributed by atoms with Gasteiger partial charge >= 0.3 is 19.7 Å². The van der Waals surface area contributed by atoms with Gasteiger partial charge in [0.25, 0.3) is 0 Å². The number of rotatable bonds is 14. The number of hydrogen-bond acceptors (Lipinski definition) is 15. The van der Waals surface area contributed by atoms with E-state index < -0.39 is 63.0 Å². The molecule has 0 radical (unpaired) electrons. The predicted octanol–water partition coefficient (Wildman–Crippen LogP) is 0.505. The molecule has 0 saturated carbocycles. The van der Waals surface area contributed by atoms with Crippen molar-refractivity contribution in [3.63, 3.8) is 0 Å². The van der Waals surface area contributed by atoms with Crippen LogP contribution in [0.15, 0.2) is 36.7 Å². The molecule has 0 bridgehead atoms. The second-order valence-corrected chi connectivity index (χ2v) is 11.6.